The molecule has 1 saturated heterocycles. The molecule has 8 heteroatoms. The van der Waals surface area contributed by atoms with Crippen molar-refractivity contribution in [1.82, 2.24) is 20.5 Å². The van der Waals surface area contributed by atoms with E-state index in [1.54, 1.807) is 0 Å². The highest BCUT2D eigenvalue weighted by atomic mass is 32.1. The fourth-order valence-corrected chi connectivity index (χ4v) is 3.22. The summed E-state index contributed by atoms with van der Waals surface area (Å²) in [5.41, 5.74) is -0.687. The summed E-state index contributed by atoms with van der Waals surface area (Å²) >= 11 is 1.32. The summed E-state index contributed by atoms with van der Waals surface area (Å²) in [5, 5.41) is 12.7. The maximum absolute atomic E-state index is 12.7. The molecule has 0 spiro atoms. The van der Waals surface area contributed by atoms with E-state index in [9.17, 15) is 13.2 Å². The summed E-state index contributed by atoms with van der Waals surface area (Å²) in [6, 6.07) is 3.82. The van der Waals surface area contributed by atoms with Crippen LogP contribution in [0.25, 0.3) is 10.7 Å². The zero-order chi connectivity index (χ0) is 14.9. The maximum atomic E-state index is 12.7. The first-order valence-corrected chi connectivity index (χ1v) is 7.44. The van der Waals surface area contributed by atoms with Gasteiger partial charge in [-0.25, -0.2) is 4.98 Å². The Balaban J connectivity index is 1.86. The van der Waals surface area contributed by atoms with Crippen molar-refractivity contribution in [2.24, 2.45) is 0 Å². The average molecular weight is 314 g/mol. The minimum atomic E-state index is -4.45. The van der Waals surface area contributed by atoms with Crippen molar-refractivity contribution in [2.45, 2.75) is 24.9 Å². The van der Waals surface area contributed by atoms with Gasteiger partial charge in [0.05, 0.1) is 0 Å². The molecule has 1 aliphatic rings. The number of hydrogen-bond donors (Lipinski definition) is 1. The molecule has 0 amide bonds. The summed E-state index contributed by atoms with van der Waals surface area (Å²) < 4.78 is 38.0. The Morgan fingerprint density at radius 3 is 2.81 bits per heavy atom. The number of alkyl halides is 3. The molecule has 1 atom stereocenters. The normalized spacial score (nSPS) is 19.7. The van der Waals surface area contributed by atoms with Crippen LogP contribution in [0.15, 0.2) is 18.2 Å². The van der Waals surface area contributed by atoms with Crippen LogP contribution in [0.3, 0.4) is 0 Å². The molecule has 1 unspecified atom stereocenters. The Bertz CT molecular complexity index is 620. The lowest BCUT2D eigenvalue weighted by Gasteiger charge is -2.19. The molecule has 0 aliphatic carbocycles. The predicted octanol–water partition coefficient (Wildman–Crippen LogP) is 3.09. The summed E-state index contributed by atoms with van der Waals surface area (Å²) in [6.07, 6.45) is -2.35. The number of hydrogen-bond acceptors (Lipinski definition) is 5. The molecule has 1 fully saturated rings. The molecule has 3 rings (SSSR count). The van der Waals surface area contributed by atoms with Gasteiger partial charge in [-0.1, -0.05) is 17.4 Å². The standard InChI is InChI=1S/C13H13F3N4S/c14-13(15,16)10-5-1-4-9(18-10)12-20-19-11(21-12)8-3-2-6-17-7-8/h1,4-5,8,17H,2-3,6-7H2. The van der Waals surface area contributed by atoms with E-state index in [0.29, 0.717) is 5.01 Å². The fraction of sp³-hybridized carbons (Fsp3) is 0.462. The quantitative estimate of drug-likeness (QED) is 0.925. The lowest BCUT2D eigenvalue weighted by atomic mass is 10.0. The van der Waals surface area contributed by atoms with Gasteiger partial charge < -0.3 is 5.32 Å². The molecule has 0 aromatic carbocycles. The van der Waals surface area contributed by atoms with Gasteiger partial charge in [0.25, 0.3) is 0 Å². The van der Waals surface area contributed by atoms with Crippen LogP contribution in [-0.4, -0.2) is 28.3 Å². The Kier molecular flexibility index (Phi) is 3.90. The second-order valence-corrected chi connectivity index (χ2v) is 5.90. The van der Waals surface area contributed by atoms with E-state index in [0.717, 1.165) is 37.0 Å². The smallest absolute Gasteiger partial charge is 0.316 e. The van der Waals surface area contributed by atoms with Gasteiger partial charge in [-0.15, -0.1) is 10.2 Å². The minimum absolute atomic E-state index is 0.220. The number of piperidine rings is 1. The van der Waals surface area contributed by atoms with Gasteiger partial charge in [0.2, 0.25) is 0 Å². The number of rotatable bonds is 2. The van der Waals surface area contributed by atoms with Gasteiger partial charge in [0.15, 0.2) is 5.01 Å². The van der Waals surface area contributed by atoms with Crippen LogP contribution in [0.5, 0.6) is 0 Å². The Morgan fingerprint density at radius 1 is 1.24 bits per heavy atom. The average Bonchev–Trinajstić information content (AvgIpc) is 2.97. The highest BCUT2D eigenvalue weighted by Gasteiger charge is 2.32. The van der Waals surface area contributed by atoms with Crippen molar-refractivity contribution in [3.05, 3.63) is 28.9 Å². The first-order chi connectivity index (χ1) is 10.0. The van der Waals surface area contributed by atoms with Crippen molar-refractivity contribution in [1.29, 1.82) is 0 Å². The van der Waals surface area contributed by atoms with Crippen LogP contribution in [0, 0.1) is 0 Å². The van der Waals surface area contributed by atoms with Crippen LogP contribution >= 0.6 is 11.3 Å². The van der Waals surface area contributed by atoms with Crippen LogP contribution in [-0.2, 0) is 6.18 Å². The van der Waals surface area contributed by atoms with E-state index < -0.39 is 11.9 Å². The third kappa shape index (κ3) is 3.21. The molecule has 0 bridgehead atoms. The number of halogens is 3. The van der Waals surface area contributed by atoms with Crippen LogP contribution in [0.2, 0.25) is 0 Å². The molecule has 2 aromatic heterocycles. The number of nitrogens with zero attached hydrogens (tertiary/aromatic N) is 3. The van der Waals surface area contributed by atoms with E-state index in [4.69, 9.17) is 0 Å². The first kappa shape index (κ1) is 14.4. The second-order valence-electron chi connectivity index (χ2n) is 4.89. The largest absolute Gasteiger partial charge is 0.433 e. The monoisotopic (exact) mass is 314 g/mol. The number of pyridine rings is 1. The minimum Gasteiger partial charge on any atom is -0.316 e. The van der Waals surface area contributed by atoms with Crippen molar-refractivity contribution in [3.63, 3.8) is 0 Å². The first-order valence-electron chi connectivity index (χ1n) is 6.63. The summed E-state index contributed by atoms with van der Waals surface area (Å²) in [4.78, 5) is 3.64. The van der Waals surface area contributed by atoms with E-state index in [1.165, 1.54) is 23.5 Å². The summed E-state index contributed by atoms with van der Waals surface area (Å²) in [5.74, 6) is 0.288. The molecule has 3 heterocycles. The molecular weight excluding hydrogens is 301 g/mol. The van der Waals surface area contributed by atoms with Crippen LogP contribution in [0.4, 0.5) is 13.2 Å². The maximum Gasteiger partial charge on any atom is 0.433 e. The third-order valence-corrected chi connectivity index (χ3v) is 4.45. The van der Waals surface area contributed by atoms with Gasteiger partial charge in [0, 0.05) is 12.5 Å². The van der Waals surface area contributed by atoms with Crippen molar-refractivity contribution in [2.75, 3.05) is 13.1 Å². The van der Waals surface area contributed by atoms with E-state index in [-0.39, 0.29) is 11.6 Å². The molecule has 112 valence electrons. The van der Waals surface area contributed by atoms with E-state index in [1.807, 2.05) is 0 Å². The Hall–Kier alpha value is -1.54. The zero-order valence-corrected chi connectivity index (χ0v) is 11.8. The third-order valence-electron chi connectivity index (χ3n) is 3.35. The van der Waals surface area contributed by atoms with Gasteiger partial charge in [-0.2, -0.15) is 13.2 Å². The molecule has 1 N–H and O–H groups in total. The second kappa shape index (κ2) is 5.69. The number of nitrogens with one attached hydrogen (secondary N) is 1. The molecule has 21 heavy (non-hydrogen) atoms. The summed E-state index contributed by atoms with van der Waals surface area (Å²) in [7, 11) is 0. The lowest BCUT2D eigenvalue weighted by molar-refractivity contribution is -0.141. The highest BCUT2D eigenvalue weighted by molar-refractivity contribution is 7.14. The van der Waals surface area contributed by atoms with Gasteiger partial charge >= 0.3 is 6.18 Å². The van der Waals surface area contributed by atoms with Crippen LogP contribution in [0.1, 0.15) is 29.5 Å². The van der Waals surface area contributed by atoms with Gasteiger partial charge in [0.1, 0.15) is 16.4 Å². The molecule has 4 nitrogen and oxygen atoms in total. The predicted molar refractivity (Wildman–Crippen MR) is 73.0 cm³/mol. The molecule has 0 radical (unpaired) electrons. The Morgan fingerprint density at radius 2 is 2.10 bits per heavy atom. The highest BCUT2D eigenvalue weighted by Crippen LogP contribution is 2.32. The molecular formula is C13H13F3N4S. The molecule has 1 aliphatic heterocycles. The van der Waals surface area contributed by atoms with Gasteiger partial charge in [-0.3, -0.25) is 0 Å². The molecule has 2 aromatic rings. The SMILES string of the molecule is FC(F)(F)c1cccc(-c2nnc(C3CCCNC3)s2)n1. The van der Waals surface area contributed by atoms with Crippen molar-refractivity contribution < 1.29 is 13.2 Å². The zero-order valence-electron chi connectivity index (χ0n) is 11.0. The molecule has 0 saturated carbocycles. The van der Waals surface area contributed by atoms with E-state index in [2.05, 4.69) is 20.5 Å². The Labute approximate surface area is 123 Å². The van der Waals surface area contributed by atoms with Crippen molar-refractivity contribution in [3.8, 4) is 10.7 Å². The fourth-order valence-electron chi connectivity index (χ4n) is 2.28. The number of aromatic nitrogens is 3. The topological polar surface area (TPSA) is 50.7 Å². The summed E-state index contributed by atoms with van der Waals surface area (Å²) in [6.45, 7) is 1.84. The van der Waals surface area contributed by atoms with E-state index >= 15 is 0 Å². The van der Waals surface area contributed by atoms with Gasteiger partial charge in [-0.05, 0) is 31.5 Å². The van der Waals surface area contributed by atoms with Crippen molar-refractivity contribution >= 4 is 11.3 Å². The van der Waals surface area contributed by atoms with Crippen LogP contribution < -0.4 is 5.32 Å². The lowest BCUT2D eigenvalue weighted by Crippen LogP contribution is -2.28.